The second-order valence-electron chi connectivity index (χ2n) is 6.17. The first-order chi connectivity index (χ1) is 12.2. The van der Waals surface area contributed by atoms with Crippen molar-refractivity contribution in [3.63, 3.8) is 0 Å². The molecule has 0 aliphatic heterocycles. The van der Waals surface area contributed by atoms with Gasteiger partial charge in [-0.2, -0.15) is 0 Å². The van der Waals surface area contributed by atoms with Gasteiger partial charge in [0.2, 0.25) is 5.91 Å². The average Bonchev–Trinajstić information content (AvgIpc) is 2.98. The van der Waals surface area contributed by atoms with E-state index in [0.29, 0.717) is 6.54 Å². The molecule has 3 aromatic rings. The molecule has 0 radical (unpaired) electrons. The van der Waals surface area contributed by atoms with Gasteiger partial charge in [-0.05, 0) is 43.7 Å². The summed E-state index contributed by atoms with van der Waals surface area (Å²) in [5.74, 6) is 0.0269. The van der Waals surface area contributed by atoms with Crippen molar-refractivity contribution in [2.45, 2.75) is 37.5 Å². The number of aryl methyl sites for hydroxylation is 1. The van der Waals surface area contributed by atoms with E-state index in [1.807, 2.05) is 53.3 Å². The number of carbonyl (C=O) groups is 1. The maximum absolute atomic E-state index is 12.5. The standard InChI is InChI=1S/C20H23N3OS/c1-15(12-13-16-8-4-3-5-9-16)21-19(24)14-23-18-11-7-6-10-17(18)22-20(23)25-2/h3-11,15H,12-14H2,1-2H3,(H,21,24)/t15-/m0/s1. The largest absolute Gasteiger partial charge is 0.352 e. The Bertz CT molecular complexity index is 845. The van der Waals surface area contributed by atoms with Crippen LogP contribution in [0.15, 0.2) is 59.8 Å². The highest BCUT2D eigenvalue weighted by atomic mass is 32.2. The molecule has 1 amide bonds. The summed E-state index contributed by atoms with van der Waals surface area (Å²) in [7, 11) is 0. The molecule has 0 aliphatic carbocycles. The lowest BCUT2D eigenvalue weighted by Crippen LogP contribution is -2.35. The van der Waals surface area contributed by atoms with Gasteiger partial charge in [0.1, 0.15) is 6.54 Å². The number of rotatable bonds is 7. The first-order valence-corrected chi connectivity index (χ1v) is 9.72. The molecule has 25 heavy (non-hydrogen) atoms. The Hall–Kier alpha value is -2.27. The summed E-state index contributed by atoms with van der Waals surface area (Å²) in [5, 5.41) is 3.98. The smallest absolute Gasteiger partial charge is 0.240 e. The summed E-state index contributed by atoms with van der Waals surface area (Å²) in [6.45, 7) is 2.36. The molecule has 5 heteroatoms. The summed E-state index contributed by atoms with van der Waals surface area (Å²) >= 11 is 1.56. The zero-order valence-electron chi connectivity index (χ0n) is 14.6. The van der Waals surface area contributed by atoms with Gasteiger partial charge in [-0.1, -0.05) is 54.2 Å². The van der Waals surface area contributed by atoms with Crippen molar-refractivity contribution in [1.29, 1.82) is 0 Å². The number of fused-ring (bicyclic) bond motifs is 1. The van der Waals surface area contributed by atoms with Gasteiger partial charge in [-0.25, -0.2) is 4.98 Å². The normalized spacial score (nSPS) is 12.2. The number of amides is 1. The minimum absolute atomic E-state index is 0.0269. The molecule has 1 N–H and O–H groups in total. The van der Waals surface area contributed by atoms with Gasteiger partial charge in [0.15, 0.2) is 5.16 Å². The van der Waals surface area contributed by atoms with Crippen LogP contribution in [0.4, 0.5) is 0 Å². The third-order valence-corrected chi connectivity index (χ3v) is 4.90. The number of hydrogen-bond acceptors (Lipinski definition) is 3. The van der Waals surface area contributed by atoms with Crippen molar-refractivity contribution in [2.24, 2.45) is 0 Å². The molecule has 1 atom stereocenters. The van der Waals surface area contributed by atoms with Crippen LogP contribution in [0.25, 0.3) is 11.0 Å². The molecule has 0 bridgehead atoms. The molecule has 3 rings (SSSR count). The van der Waals surface area contributed by atoms with E-state index in [2.05, 4.69) is 29.4 Å². The fraction of sp³-hybridized carbons (Fsp3) is 0.300. The number of nitrogens with zero attached hydrogens (tertiary/aromatic N) is 2. The minimum atomic E-state index is 0.0269. The van der Waals surface area contributed by atoms with Gasteiger partial charge in [-0.3, -0.25) is 4.79 Å². The van der Waals surface area contributed by atoms with E-state index in [-0.39, 0.29) is 11.9 Å². The number of thioether (sulfide) groups is 1. The Morgan fingerprint density at radius 3 is 2.64 bits per heavy atom. The minimum Gasteiger partial charge on any atom is -0.352 e. The van der Waals surface area contributed by atoms with E-state index in [0.717, 1.165) is 29.0 Å². The molecule has 0 saturated heterocycles. The van der Waals surface area contributed by atoms with Crippen molar-refractivity contribution >= 4 is 28.7 Å². The number of nitrogens with one attached hydrogen (secondary N) is 1. The van der Waals surface area contributed by atoms with E-state index in [4.69, 9.17) is 0 Å². The fourth-order valence-corrected chi connectivity index (χ4v) is 3.50. The Morgan fingerprint density at radius 2 is 1.88 bits per heavy atom. The number of imidazole rings is 1. The number of hydrogen-bond donors (Lipinski definition) is 1. The van der Waals surface area contributed by atoms with Crippen LogP contribution < -0.4 is 5.32 Å². The Morgan fingerprint density at radius 1 is 1.16 bits per heavy atom. The molecular formula is C20H23N3OS. The van der Waals surface area contributed by atoms with Crippen LogP contribution in [-0.2, 0) is 17.8 Å². The molecule has 0 unspecified atom stereocenters. The van der Waals surface area contributed by atoms with Crippen molar-refractivity contribution in [2.75, 3.05) is 6.26 Å². The SMILES string of the molecule is CSc1nc2ccccc2n1CC(=O)N[C@@H](C)CCc1ccccc1. The van der Waals surface area contributed by atoms with Crippen LogP contribution in [0, 0.1) is 0 Å². The summed E-state index contributed by atoms with van der Waals surface area (Å²) in [6.07, 6.45) is 3.88. The highest BCUT2D eigenvalue weighted by Crippen LogP contribution is 2.22. The third kappa shape index (κ3) is 4.42. The monoisotopic (exact) mass is 353 g/mol. The zero-order valence-corrected chi connectivity index (χ0v) is 15.4. The Kier molecular flexibility index (Phi) is 5.76. The number of benzene rings is 2. The van der Waals surface area contributed by atoms with Gasteiger partial charge < -0.3 is 9.88 Å². The number of para-hydroxylation sites is 2. The molecule has 0 fully saturated rings. The van der Waals surface area contributed by atoms with E-state index < -0.39 is 0 Å². The topological polar surface area (TPSA) is 46.9 Å². The maximum atomic E-state index is 12.5. The van der Waals surface area contributed by atoms with Crippen LogP contribution >= 0.6 is 11.8 Å². The van der Waals surface area contributed by atoms with E-state index in [1.165, 1.54) is 5.56 Å². The molecule has 0 saturated carbocycles. The van der Waals surface area contributed by atoms with E-state index in [1.54, 1.807) is 11.8 Å². The van der Waals surface area contributed by atoms with Crippen molar-refractivity contribution in [1.82, 2.24) is 14.9 Å². The lowest BCUT2D eigenvalue weighted by atomic mass is 10.1. The second-order valence-corrected chi connectivity index (χ2v) is 6.94. The van der Waals surface area contributed by atoms with E-state index in [9.17, 15) is 4.79 Å². The van der Waals surface area contributed by atoms with Crippen LogP contribution in [0.2, 0.25) is 0 Å². The van der Waals surface area contributed by atoms with Gasteiger partial charge >= 0.3 is 0 Å². The number of aromatic nitrogens is 2. The summed E-state index contributed by atoms with van der Waals surface area (Å²) in [6, 6.07) is 18.4. The predicted octanol–water partition coefficient (Wildman–Crippen LogP) is 3.90. The zero-order chi connectivity index (χ0) is 17.6. The number of carbonyl (C=O) groups excluding carboxylic acids is 1. The highest BCUT2D eigenvalue weighted by Gasteiger charge is 2.14. The molecule has 2 aromatic carbocycles. The lowest BCUT2D eigenvalue weighted by Gasteiger charge is -2.15. The quantitative estimate of drug-likeness (QED) is 0.656. The van der Waals surface area contributed by atoms with Crippen LogP contribution in [0.3, 0.4) is 0 Å². The summed E-state index contributed by atoms with van der Waals surface area (Å²) in [4.78, 5) is 17.1. The summed E-state index contributed by atoms with van der Waals surface area (Å²) in [5.41, 5.74) is 3.23. The van der Waals surface area contributed by atoms with Crippen molar-refractivity contribution in [3.05, 3.63) is 60.2 Å². The Labute approximate surface area is 152 Å². The van der Waals surface area contributed by atoms with Gasteiger partial charge in [-0.15, -0.1) is 0 Å². The molecule has 1 heterocycles. The fourth-order valence-electron chi connectivity index (χ4n) is 2.93. The molecular weight excluding hydrogens is 330 g/mol. The van der Waals surface area contributed by atoms with Crippen molar-refractivity contribution in [3.8, 4) is 0 Å². The van der Waals surface area contributed by atoms with Crippen LogP contribution in [-0.4, -0.2) is 27.8 Å². The molecule has 0 spiro atoms. The van der Waals surface area contributed by atoms with Gasteiger partial charge in [0.05, 0.1) is 11.0 Å². The molecule has 4 nitrogen and oxygen atoms in total. The maximum Gasteiger partial charge on any atom is 0.240 e. The average molecular weight is 353 g/mol. The first-order valence-electron chi connectivity index (χ1n) is 8.50. The third-order valence-electron chi connectivity index (χ3n) is 4.22. The lowest BCUT2D eigenvalue weighted by molar-refractivity contribution is -0.122. The summed E-state index contributed by atoms with van der Waals surface area (Å²) < 4.78 is 1.99. The van der Waals surface area contributed by atoms with Gasteiger partial charge in [0, 0.05) is 6.04 Å². The second kappa shape index (κ2) is 8.21. The molecule has 0 aliphatic rings. The predicted molar refractivity (Wildman–Crippen MR) is 104 cm³/mol. The Balaban J connectivity index is 1.61. The first kappa shape index (κ1) is 17.5. The van der Waals surface area contributed by atoms with Crippen LogP contribution in [0.1, 0.15) is 18.9 Å². The molecule has 130 valence electrons. The molecule has 1 aromatic heterocycles. The van der Waals surface area contributed by atoms with Crippen LogP contribution in [0.5, 0.6) is 0 Å². The highest BCUT2D eigenvalue weighted by molar-refractivity contribution is 7.98. The van der Waals surface area contributed by atoms with Gasteiger partial charge in [0.25, 0.3) is 0 Å². The van der Waals surface area contributed by atoms with Crippen molar-refractivity contribution < 1.29 is 4.79 Å². The van der Waals surface area contributed by atoms with E-state index >= 15 is 0 Å².